The van der Waals surface area contributed by atoms with Crippen LogP contribution in [0.5, 0.6) is 0 Å². The summed E-state index contributed by atoms with van der Waals surface area (Å²) in [5.41, 5.74) is 0. The molecule has 14 heavy (non-hydrogen) atoms. The van der Waals surface area contributed by atoms with Crippen LogP contribution < -0.4 is 0 Å². The molecule has 1 aromatic heterocycles. The number of nitrogens with zero attached hydrogens (tertiary/aromatic N) is 4. The van der Waals surface area contributed by atoms with Gasteiger partial charge in [-0.2, -0.15) is 4.68 Å². The van der Waals surface area contributed by atoms with E-state index in [1.807, 2.05) is 6.92 Å². The van der Waals surface area contributed by atoms with E-state index >= 15 is 0 Å². The molecule has 4 nitrogen and oxygen atoms in total. The minimum atomic E-state index is -6.00. The molecule has 0 saturated carbocycles. The Hall–Kier alpha value is -1.59. The average molecular weight is 210 g/mol. The molecule has 0 amide bonds. The predicted octanol–water partition coefficient (Wildman–Crippen LogP) is 2.69. The van der Waals surface area contributed by atoms with Crippen LogP contribution in [0.15, 0.2) is 12.3 Å². The lowest BCUT2D eigenvalue weighted by Crippen LogP contribution is -2.02. The van der Waals surface area contributed by atoms with Crippen molar-refractivity contribution in [2.75, 3.05) is 0 Å². The van der Waals surface area contributed by atoms with Crippen LogP contribution in [0.4, 0.5) is 23.1 Å². The summed E-state index contributed by atoms with van der Waals surface area (Å²) in [6.45, 7) is 2.77. The van der Waals surface area contributed by atoms with Gasteiger partial charge in [0, 0.05) is 4.98 Å². The smallest absolute Gasteiger partial charge is 0.418 e. The molecule has 0 bridgehead atoms. The van der Waals surface area contributed by atoms with E-state index in [0.29, 0.717) is 5.82 Å². The average Bonchev–Trinajstić information content (AvgIpc) is 2.48. The van der Waals surface area contributed by atoms with E-state index in [0.717, 1.165) is 6.54 Å². The molecule has 0 fully saturated rings. The second kappa shape index (κ2) is 5.21. The summed E-state index contributed by atoms with van der Waals surface area (Å²) in [5.74, 6) is 0.358. The Bertz CT molecular complexity index is 308. The maximum atomic E-state index is 9.75. The van der Waals surface area contributed by atoms with Crippen molar-refractivity contribution in [3.05, 3.63) is 17.2 Å². The highest BCUT2D eigenvalue weighted by Gasteiger charge is 2.20. The van der Waals surface area contributed by atoms with Crippen LogP contribution in [-0.2, 0) is 6.54 Å². The normalized spacial score (nSPS) is 10.0. The van der Waals surface area contributed by atoms with Crippen LogP contribution in [-0.4, -0.2) is 17.0 Å². The van der Waals surface area contributed by atoms with Crippen molar-refractivity contribution < 1.29 is 17.3 Å². The predicted molar refractivity (Wildman–Crippen MR) is 42.8 cm³/mol. The molecule has 0 radical (unpaired) electrons. The maximum Gasteiger partial charge on any atom is 0.673 e. The number of aromatic nitrogens is 2. The standard InChI is InChI=1S/C5H7N4.BF4/c1-2-9-4-3-5(7-6)8-9;2-1(3,4)5/h3-4H,2H2,1H3;/q+1;-1. The fraction of sp³-hybridized carbons (Fsp3) is 0.400. The molecule has 9 heteroatoms. The minimum Gasteiger partial charge on any atom is -0.418 e. The van der Waals surface area contributed by atoms with Gasteiger partial charge in [-0.1, -0.05) is 0 Å². The highest BCUT2D eigenvalue weighted by molar-refractivity contribution is 6.50. The maximum absolute atomic E-state index is 9.75. The van der Waals surface area contributed by atoms with Crippen LogP contribution in [0.1, 0.15) is 6.92 Å². The number of rotatable bonds is 1. The molecule has 0 atom stereocenters. The molecule has 0 aliphatic carbocycles. The van der Waals surface area contributed by atoms with E-state index in [2.05, 4.69) is 10.1 Å². The summed E-state index contributed by atoms with van der Waals surface area (Å²) in [5, 5.41) is 12.0. The van der Waals surface area contributed by atoms with Gasteiger partial charge in [0.1, 0.15) is 0 Å². The van der Waals surface area contributed by atoms with Gasteiger partial charge in [-0.05, 0) is 6.92 Å². The molecule has 1 rings (SSSR count). The van der Waals surface area contributed by atoms with E-state index in [1.54, 1.807) is 16.9 Å². The van der Waals surface area contributed by atoms with Crippen LogP contribution in [0.25, 0.3) is 4.98 Å². The van der Waals surface area contributed by atoms with Crippen LogP contribution in [0.3, 0.4) is 0 Å². The summed E-state index contributed by atoms with van der Waals surface area (Å²) in [6.07, 6.45) is 1.76. The number of hydrogen-bond acceptors (Lipinski definition) is 2. The second-order valence-corrected chi connectivity index (χ2v) is 2.12. The van der Waals surface area contributed by atoms with E-state index in [9.17, 15) is 17.3 Å². The van der Waals surface area contributed by atoms with Crippen molar-refractivity contribution in [3.8, 4) is 0 Å². The van der Waals surface area contributed by atoms with Crippen molar-refractivity contribution in [1.82, 2.24) is 9.78 Å². The van der Waals surface area contributed by atoms with Crippen molar-refractivity contribution in [3.63, 3.8) is 0 Å². The van der Waals surface area contributed by atoms with Gasteiger partial charge in [-0.3, -0.25) is 0 Å². The third-order valence-electron chi connectivity index (χ3n) is 1.05. The van der Waals surface area contributed by atoms with Gasteiger partial charge in [0.15, 0.2) is 0 Å². The number of aryl methyl sites for hydroxylation is 1. The van der Waals surface area contributed by atoms with Crippen molar-refractivity contribution >= 4 is 13.1 Å². The molecular formula is C5H7BF4N4. The molecule has 78 valence electrons. The van der Waals surface area contributed by atoms with Crippen LogP contribution in [0, 0.1) is 5.39 Å². The van der Waals surface area contributed by atoms with Gasteiger partial charge in [-0.15, -0.1) is 0 Å². The molecule has 1 aromatic rings. The Kier molecular flexibility index (Phi) is 4.62. The minimum absolute atomic E-state index is 0.358. The number of diazo groups is 1. The van der Waals surface area contributed by atoms with Crippen molar-refractivity contribution in [1.29, 1.82) is 5.39 Å². The first-order valence-corrected chi connectivity index (χ1v) is 3.62. The first kappa shape index (κ1) is 12.4. The Balaban J connectivity index is 0.000000292. The molecular weight excluding hydrogens is 203 g/mol. The third-order valence-corrected chi connectivity index (χ3v) is 1.05. The van der Waals surface area contributed by atoms with Crippen LogP contribution >= 0.6 is 0 Å². The molecule has 0 N–H and O–H groups in total. The number of halogens is 4. The summed E-state index contributed by atoms with van der Waals surface area (Å²) in [7, 11) is -6.00. The van der Waals surface area contributed by atoms with E-state index < -0.39 is 7.25 Å². The van der Waals surface area contributed by atoms with E-state index in [-0.39, 0.29) is 0 Å². The lowest BCUT2D eigenvalue weighted by atomic mass is 10.3. The van der Waals surface area contributed by atoms with Crippen molar-refractivity contribution in [2.45, 2.75) is 13.5 Å². The van der Waals surface area contributed by atoms with Gasteiger partial charge >= 0.3 is 13.1 Å². The first-order chi connectivity index (χ1) is 6.36. The fourth-order valence-corrected chi connectivity index (χ4v) is 0.580. The summed E-state index contributed by atoms with van der Waals surface area (Å²) >= 11 is 0. The quantitative estimate of drug-likeness (QED) is 0.406. The van der Waals surface area contributed by atoms with Crippen molar-refractivity contribution in [2.24, 2.45) is 0 Å². The summed E-state index contributed by atoms with van der Waals surface area (Å²) < 4.78 is 40.7. The first-order valence-electron chi connectivity index (χ1n) is 3.62. The van der Waals surface area contributed by atoms with E-state index in [4.69, 9.17) is 5.39 Å². The monoisotopic (exact) mass is 210 g/mol. The fourth-order valence-electron chi connectivity index (χ4n) is 0.580. The van der Waals surface area contributed by atoms with Gasteiger partial charge < -0.3 is 17.3 Å². The molecule has 0 saturated heterocycles. The third kappa shape index (κ3) is 7.09. The molecule has 0 unspecified atom stereocenters. The zero-order chi connectivity index (χ0) is 11.2. The summed E-state index contributed by atoms with van der Waals surface area (Å²) in [6, 6.07) is 1.64. The Morgan fingerprint density at radius 1 is 1.50 bits per heavy atom. The zero-order valence-electron chi connectivity index (χ0n) is 7.24. The lowest BCUT2D eigenvalue weighted by Gasteiger charge is -1.94. The van der Waals surface area contributed by atoms with Gasteiger partial charge in [0.2, 0.25) is 0 Å². The Morgan fingerprint density at radius 3 is 2.21 bits per heavy atom. The molecule has 0 spiro atoms. The Labute approximate surface area is 77.3 Å². The van der Waals surface area contributed by atoms with E-state index in [1.165, 1.54) is 0 Å². The van der Waals surface area contributed by atoms with Gasteiger partial charge in [0.25, 0.3) is 0 Å². The largest absolute Gasteiger partial charge is 0.673 e. The zero-order valence-corrected chi connectivity index (χ0v) is 7.24. The van der Waals surface area contributed by atoms with Crippen LogP contribution in [0.2, 0.25) is 0 Å². The molecule has 0 aliphatic rings. The second-order valence-electron chi connectivity index (χ2n) is 2.12. The highest BCUT2D eigenvalue weighted by atomic mass is 19.5. The SMILES string of the molecule is CCn1ccc([N+]#N)n1.F[B-](F)(F)F. The Morgan fingerprint density at radius 2 is 2.00 bits per heavy atom. The molecule has 0 aliphatic heterocycles. The van der Waals surface area contributed by atoms with Gasteiger partial charge in [-0.25, -0.2) is 0 Å². The van der Waals surface area contributed by atoms with Gasteiger partial charge in [0.05, 0.1) is 29.3 Å². The molecule has 0 aromatic carbocycles. The molecule has 1 heterocycles. The highest BCUT2D eigenvalue weighted by Crippen LogP contribution is 2.06. The lowest BCUT2D eigenvalue weighted by molar-refractivity contribution is 0.368. The summed E-state index contributed by atoms with van der Waals surface area (Å²) in [4.78, 5) is 2.91. The number of hydrogen-bond donors (Lipinski definition) is 0. The topological polar surface area (TPSA) is 46.0 Å².